The molecule has 0 aliphatic carbocycles. The maximum Gasteiger partial charge on any atom is 0.128 e. The minimum atomic E-state index is -0.744. The molecule has 0 amide bonds. The second-order valence-electron chi connectivity index (χ2n) is 7.87. The maximum atomic E-state index is 13.6. The van der Waals surface area contributed by atoms with Gasteiger partial charge in [-0.2, -0.15) is 5.26 Å². The first-order valence-corrected chi connectivity index (χ1v) is 10.0. The van der Waals surface area contributed by atoms with Gasteiger partial charge in [0.1, 0.15) is 17.1 Å². The second kappa shape index (κ2) is 9.11. The molecule has 1 fully saturated rings. The number of nitrogens with one attached hydrogen (secondary N) is 1. The summed E-state index contributed by atoms with van der Waals surface area (Å²) >= 11 is 0. The van der Waals surface area contributed by atoms with E-state index >= 15 is 0 Å². The summed E-state index contributed by atoms with van der Waals surface area (Å²) in [6.07, 6.45) is 3.26. The average molecular weight is 394 g/mol. The summed E-state index contributed by atoms with van der Waals surface area (Å²) in [6.45, 7) is 9.51. The lowest BCUT2D eigenvalue weighted by molar-refractivity contribution is 0.144. The Kier molecular flexibility index (Phi) is 6.56. The van der Waals surface area contributed by atoms with Crippen LogP contribution in [-0.2, 0) is 6.54 Å². The Labute approximate surface area is 172 Å². The second-order valence-corrected chi connectivity index (χ2v) is 7.87. The Morgan fingerprint density at radius 2 is 2.14 bits per heavy atom. The number of benzene rings is 2. The molecular formula is C24H28FN3O. The zero-order chi connectivity index (χ0) is 20.9. The first-order chi connectivity index (χ1) is 13.9. The first kappa shape index (κ1) is 20.9. The van der Waals surface area contributed by atoms with Crippen molar-refractivity contribution in [2.24, 2.45) is 0 Å². The quantitative estimate of drug-likeness (QED) is 0.662. The third-order valence-electron chi connectivity index (χ3n) is 5.20. The topological polar surface area (TPSA) is 48.3 Å². The maximum absolute atomic E-state index is 13.6. The molecule has 1 aliphatic rings. The first-order valence-electron chi connectivity index (χ1n) is 10.0. The van der Waals surface area contributed by atoms with Gasteiger partial charge in [-0.15, -0.1) is 6.58 Å². The van der Waals surface area contributed by atoms with Gasteiger partial charge in [0.25, 0.3) is 0 Å². The highest BCUT2D eigenvalue weighted by atomic mass is 19.1. The molecule has 3 rings (SSSR count). The molecule has 4 nitrogen and oxygen atoms in total. The third-order valence-corrected chi connectivity index (χ3v) is 5.20. The minimum Gasteiger partial charge on any atom is -0.491 e. The highest BCUT2D eigenvalue weighted by Gasteiger charge is 2.39. The number of hydrogen-bond acceptors (Lipinski definition) is 4. The molecule has 0 radical (unpaired) electrons. The van der Waals surface area contributed by atoms with Crippen LogP contribution in [0.15, 0.2) is 61.2 Å². The summed E-state index contributed by atoms with van der Waals surface area (Å²) in [5.41, 5.74) is 1.05. The smallest absolute Gasteiger partial charge is 0.128 e. The molecule has 2 aromatic carbocycles. The van der Waals surface area contributed by atoms with E-state index < -0.39 is 5.54 Å². The minimum absolute atomic E-state index is 0.0409. The van der Waals surface area contributed by atoms with Crippen molar-refractivity contribution in [1.29, 1.82) is 5.26 Å². The van der Waals surface area contributed by atoms with E-state index in [4.69, 9.17) is 4.74 Å². The molecule has 5 heteroatoms. The SMILES string of the molecule is C=C[C@H]1C[C@](C#N)(Nc2cccc(F)c2)CCN1Cc1cccc(OC(C)C)c1. The zero-order valence-corrected chi connectivity index (χ0v) is 17.1. The van der Waals surface area contributed by atoms with Crippen LogP contribution in [0.5, 0.6) is 5.75 Å². The predicted octanol–water partition coefficient (Wildman–Crippen LogP) is 5.14. The van der Waals surface area contributed by atoms with Gasteiger partial charge in [-0.3, -0.25) is 4.90 Å². The molecule has 1 aliphatic heterocycles. The van der Waals surface area contributed by atoms with E-state index in [0.717, 1.165) is 24.4 Å². The van der Waals surface area contributed by atoms with Crippen LogP contribution < -0.4 is 10.1 Å². The van der Waals surface area contributed by atoms with Gasteiger partial charge < -0.3 is 10.1 Å². The Bertz CT molecular complexity index is 892. The summed E-state index contributed by atoms with van der Waals surface area (Å²) < 4.78 is 19.4. The van der Waals surface area contributed by atoms with Crippen LogP contribution in [0.3, 0.4) is 0 Å². The number of rotatable bonds is 7. The van der Waals surface area contributed by atoms with E-state index in [0.29, 0.717) is 18.5 Å². The number of anilines is 1. The summed E-state index contributed by atoms with van der Waals surface area (Å²) in [6, 6.07) is 16.9. The van der Waals surface area contributed by atoms with Crippen molar-refractivity contribution >= 4 is 5.69 Å². The van der Waals surface area contributed by atoms with Gasteiger partial charge in [0.15, 0.2) is 0 Å². The van der Waals surface area contributed by atoms with Crippen molar-refractivity contribution in [3.63, 3.8) is 0 Å². The molecule has 152 valence electrons. The molecule has 1 saturated heterocycles. The molecule has 0 unspecified atom stereocenters. The van der Waals surface area contributed by atoms with Crippen molar-refractivity contribution in [3.05, 3.63) is 72.6 Å². The number of nitrogens with zero attached hydrogens (tertiary/aromatic N) is 2. The number of piperidine rings is 1. The van der Waals surface area contributed by atoms with Crippen LogP contribution in [0.25, 0.3) is 0 Å². The largest absolute Gasteiger partial charge is 0.491 e. The van der Waals surface area contributed by atoms with Crippen molar-refractivity contribution in [3.8, 4) is 11.8 Å². The van der Waals surface area contributed by atoms with E-state index in [2.05, 4.69) is 35.0 Å². The van der Waals surface area contributed by atoms with Gasteiger partial charge in [-0.05, 0) is 56.2 Å². The highest BCUT2D eigenvalue weighted by molar-refractivity contribution is 5.48. The Morgan fingerprint density at radius 1 is 1.34 bits per heavy atom. The van der Waals surface area contributed by atoms with E-state index in [1.807, 2.05) is 32.1 Å². The highest BCUT2D eigenvalue weighted by Crippen LogP contribution is 2.32. The van der Waals surface area contributed by atoms with Crippen molar-refractivity contribution in [2.75, 3.05) is 11.9 Å². The van der Waals surface area contributed by atoms with Crippen molar-refractivity contribution in [2.45, 2.75) is 50.9 Å². The summed E-state index contributed by atoms with van der Waals surface area (Å²) in [5.74, 6) is 0.549. The lowest BCUT2D eigenvalue weighted by Crippen LogP contribution is -2.52. The lowest BCUT2D eigenvalue weighted by Gasteiger charge is -2.43. The van der Waals surface area contributed by atoms with Crippen LogP contribution in [0, 0.1) is 17.1 Å². The standard InChI is InChI=1S/C24H28FN3O/c1-4-22-15-24(17-26,27-21-9-6-8-20(25)14-21)11-12-28(22)16-19-7-5-10-23(13-19)29-18(2)3/h4-10,13-14,18,22,27H,1,11-12,15-16H2,2-3H3/t22-,24+/m0/s1. The van der Waals surface area contributed by atoms with Crippen LogP contribution in [0.1, 0.15) is 32.3 Å². The van der Waals surface area contributed by atoms with Crippen molar-refractivity contribution in [1.82, 2.24) is 4.90 Å². The molecule has 1 N–H and O–H groups in total. The molecule has 0 saturated carbocycles. The van der Waals surface area contributed by atoms with E-state index in [1.54, 1.807) is 12.1 Å². The Balaban J connectivity index is 1.72. The predicted molar refractivity (Wildman–Crippen MR) is 114 cm³/mol. The molecular weight excluding hydrogens is 365 g/mol. The van der Waals surface area contributed by atoms with Crippen LogP contribution >= 0.6 is 0 Å². The average Bonchev–Trinajstić information content (AvgIpc) is 2.69. The van der Waals surface area contributed by atoms with Gasteiger partial charge in [0.2, 0.25) is 0 Å². The fourth-order valence-electron chi connectivity index (χ4n) is 3.83. The third kappa shape index (κ3) is 5.36. The fourth-order valence-corrected chi connectivity index (χ4v) is 3.83. The molecule has 0 bridgehead atoms. The van der Waals surface area contributed by atoms with Crippen LogP contribution in [-0.4, -0.2) is 29.1 Å². The zero-order valence-electron chi connectivity index (χ0n) is 17.1. The fraction of sp³-hybridized carbons (Fsp3) is 0.375. The summed E-state index contributed by atoms with van der Waals surface area (Å²) in [7, 11) is 0. The van der Waals surface area contributed by atoms with Gasteiger partial charge in [-0.1, -0.05) is 24.3 Å². The molecule has 29 heavy (non-hydrogen) atoms. The Morgan fingerprint density at radius 3 is 2.83 bits per heavy atom. The Hall–Kier alpha value is -2.84. The van der Waals surface area contributed by atoms with E-state index in [-0.39, 0.29) is 18.0 Å². The molecule has 2 aromatic rings. The molecule has 0 spiro atoms. The van der Waals surface area contributed by atoms with Gasteiger partial charge in [0.05, 0.1) is 12.2 Å². The van der Waals surface area contributed by atoms with E-state index in [9.17, 15) is 9.65 Å². The number of likely N-dealkylation sites (tertiary alicyclic amines) is 1. The van der Waals surface area contributed by atoms with Gasteiger partial charge >= 0.3 is 0 Å². The summed E-state index contributed by atoms with van der Waals surface area (Å²) in [4.78, 5) is 2.32. The molecule has 0 aromatic heterocycles. The number of halogens is 1. The number of ether oxygens (including phenoxy) is 1. The van der Waals surface area contributed by atoms with Gasteiger partial charge in [0, 0.05) is 31.2 Å². The number of hydrogen-bond donors (Lipinski definition) is 1. The summed E-state index contributed by atoms with van der Waals surface area (Å²) in [5, 5.41) is 13.2. The van der Waals surface area contributed by atoms with E-state index in [1.165, 1.54) is 12.1 Å². The molecule has 1 heterocycles. The lowest BCUT2D eigenvalue weighted by atomic mass is 9.83. The van der Waals surface area contributed by atoms with Crippen LogP contribution in [0.4, 0.5) is 10.1 Å². The van der Waals surface area contributed by atoms with Gasteiger partial charge in [-0.25, -0.2) is 4.39 Å². The normalized spacial score (nSPS) is 22.1. The monoisotopic (exact) mass is 393 g/mol. The molecule has 2 atom stereocenters. The van der Waals surface area contributed by atoms with Crippen LogP contribution in [0.2, 0.25) is 0 Å². The number of nitriles is 1. The van der Waals surface area contributed by atoms with Crippen molar-refractivity contribution < 1.29 is 9.13 Å².